The van der Waals surface area contributed by atoms with Gasteiger partial charge in [0, 0.05) is 42.7 Å². The summed E-state index contributed by atoms with van der Waals surface area (Å²) in [6.07, 6.45) is 7.21. The first kappa shape index (κ1) is 37.7. The predicted molar refractivity (Wildman–Crippen MR) is 203 cm³/mol. The highest BCUT2D eigenvalue weighted by Crippen LogP contribution is 2.45. The summed E-state index contributed by atoms with van der Waals surface area (Å²) in [4.78, 5) is 27.8. The van der Waals surface area contributed by atoms with Crippen LogP contribution in [0, 0.1) is 24.2 Å². The fraction of sp³-hybridized carbons (Fsp3) is 0.634. The molecule has 53 heavy (non-hydrogen) atoms. The van der Waals surface area contributed by atoms with Crippen LogP contribution in [0.3, 0.4) is 0 Å². The summed E-state index contributed by atoms with van der Waals surface area (Å²) in [6.45, 7) is 10.6. The van der Waals surface area contributed by atoms with E-state index in [9.17, 15) is 18.0 Å². The molecule has 3 aliphatic heterocycles. The molecule has 3 saturated heterocycles. The largest absolute Gasteiger partial charge is 0.496 e. The van der Waals surface area contributed by atoms with E-state index in [1.807, 2.05) is 6.07 Å². The highest BCUT2D eigenvalue weighted by Gasteiger charge is 2.38. The van der Waals surface area contributed by atoms with Crippen molar-refractivity contribution < 1.29 is 22.7 Å². The van der Waals surface area contributed by atoms with Gasteiger partial charge in [0.1, 0.15) is 17.4 Å². The Hall–Kier alpha value is -3.64. The fourth-order valence-electron chi connectivity index (χ4n) is 9.60. The maximum atomic E-state index is 13.7. The van der Waals surface area contributed by atoms with Crippen molar-refractivity contribution in [2.45, 2.75) is 96.2 Å². The molecular formula is C41H56F3N7O2. The third-order valence-electron chi connectivity index (χ3n) is 12.8. The van der Waals surface area contributed by atoms with E-state index in [2.05, 4.69) is 36.5 Å². The number of alkyl halides is 3. The van der Waals surface area contributed by atoms with E-state index in [1.54, 1.807) is 27.0 Å². The molecule has 7 rings (SSSR count). The number of ether oxygens (including phenoxy) is 1. The zero-order valence-electron chi connectivity index (χ0n) is 31.5. The molecule has 4 heterocycles. The minimum Gasteiger partial charge on any atom is -0.496 e. The van der Waals surface area contributed by atoms with Crippen LogP contribution in [0.4, 0.5) is 24.7 Å². The lowest BCUT2D eigenvalue weighted by atomic mass is 9.65. The van der Waals surface area contributed by atoms with Crippen molar-refractivity contribution in [3.8, 4) is 5.75 Å². The maximum Gasteiger partial charge on any atom is 0.416 e. The van der Waals surface area contributed by atoms with E-state index >= 15 is 0 Å². The number of likely N-dealkylation sites (tertiary alicyclic amines) is 2. The smallest absolute Gasteiger partial charge is 0.416 e. The number of halogens is 3. The van der Waals surface area contributed by atoms with E-state index < -0.39 is 17.8 Å². The van der Waals surface area contributed by atoms with Crippen LogP contribution >= 0.6 is 0 Å². The van der Waals surface area contributed by atoms with Crippen LogP contribution in [0.2, 0.25) is 0 Å². The molecule has 0 radical (unpaired) electrons. The van der Waals surface area contributed by atoms with E-state index in [1.165, 1.54) is 58.2 Å². The van der Waals surface area contributed by atoms with Gasteiger partial charge in [0.2, 0.25) is 5.91 Å². The Morgan fingerprint density at radius 3 is 2.34 bits per heavy atom. The Labute approximate surface area is 311 Å². The topological polar surface area (TPSA) is 109 Å². The zero-order chi connectivity index (χ0) is 37.3. The van der Waals surface area contributed by atoms with Crippen LogP contribution in [-0.2, 0) is 11.0 Å². The second kappa shape index (κ2) is 15.6. The highest BCUT2D eigenvalue weighted by atomic mass is 19.4. The predicted octanol–water partition coefficient (Wildman–Crippen LogP) is 7.70. The average Bonchev–Trinajstić information content (AvgIpc) is 3.15. The summed E-state index contributed by atoms with van der Waals surface area (Å²) < 4.78 is 46.5. The van der Waals surface area contributed by atoms with Gasteiger partial charge in [-0.3, -0.25) is 4.79 Å². The minimum absolute atomic E-state index is 0.0505. The van der Waals surface area contributed by atoms with E-state index in [0.29, 0.717) is 47.1 Å². The van der Waals surface area contributed by atoms with Crippen LogP contribution < -0.4 is 21.1 Å². The molecule has 1 atom stereocenters. The number of nitrogens with one attached hydrogen (secondary N) is 2. The normalized spacial score (nSPS) is 21.6. The Bertz CT molecular complexity index is 1750. The van der Waals surface area contributed by atoms with Crippen molar-refractivity contribution in [2.75, 3.05) is 64.0 Å². The Morgan fingerprint density at radius 2 is 1.68 bits per heavy atom. The number of carbonyl (C=O) groups is 1. The number of hydrogen-bond acceptors (Lipinski definition) is 8. The van der Waals surface area contributed by atoms with Gasteiger partial charge in [-0.25, -0.2) is 9.97 Å². The number of nitrogens with zero attached hydrogens (tertiary/aromatic N) is 4. The molecule has 0 bridgehead atoms. The van der Waals surface area contributed by atoms with Gasteiger partial charge >= 0.3 is 6.18 Å². The van der Waals surface area contributed by atoms with Gasteiger partial charge in [0.05, 0.1) is 24.2 Å². The van der Waals surface area contributed by atoms with Gasteiger partial charge in [-0.05, 0) is 157 Å². The van der Waals surface area contributed by atoms with Crippen molar-refractivity contribution in [3.05, 3.63) is 52.8 Å². The summed E-state index contributed by atoms with van der Waals surface area (Å²) in [5.74, 6) is 3.19. The lowest BCUT2D eigenvalue weighted by molar-refractivity contribution is -0.138. The monoisotopic (exact) mass is 735 g/mol. The summed E-state index contributed by atoms with van der Waals surface area (Å²) >= 11 is 0. The van der Waals surface area contributed by atoms with Crippen LogP contribution in [-0.4, -0.2) is 78.6 Å². The number of nitrogens with two attached hydrogens (primary N) is 1. The van der Waals surface area contributed by atoms with Gasteiger partial charge in [-0.2, -0.15) is 13.2 Å². The standard InChI is InChI=1S/C41H56F3N7O2/c1-26(31-20-32(41(42,43)44)22-33(45)21-31)47-38-35-23-34(37(53-3)24-36(35)48-27(2)49-38)29-8-18-51(19-9-29)39(52)30-6-16-50(17-7-30)25-28-4-10-40(11-5-28)12-14-46-15-13-40/h20-24,26,28-30,46H,4-19,25,45H2,1-3H3,(H,47,48,49)/t26-/m1/s1. The molecule has 2 aromatic carbocycles. The summed E-state index contributed by atoms with van der Waals surface area (Å²) in [6, 6.07) is 7.08. The van der Waals surface area contributed by atoms with Crippen LogP contribution in [0.25, 0.3) is 10.9 Å². The lowest BCUT2D eigenvalue weighted by Gasteiger charge is -2.44. The maximum absolute atomic E-state index is 13.7. The first-order valence-electron chi connectivity index (χ1n) is 19.7. The van der Waals surface area contributed by atoms with Crippen molar-refractivity contribution in [1.82, 2.24) is 25.1 Å². The molecule has 0 unspecified atom stereocenters. The molecule has 4 aliphatic rings. The van der Waals surface area contributed by atoms with E-state index in [4.69, 9.17) is 10.5 Å². The molecule has 1 aliphatic carbocycles. The molecule has 1 amide bonds. The summed E-state index contributed by atoms with van der Waals surface area (Å²) in [5.41, 5.74) is 7.86. The van der Waals surface area contributed by atoms with Gasteiger partial charge in [0.15, 0.2) is 0 Å². The third kappa shape index (κ3) is 8.53. The Balaban J connectivity index is 0.965. The van der Waals surface area contributed by atoms with Gasteiger partial charge in [0.25, 0.3) is 0 Å². The van der Waals surface area contributed by atoms with Crippen molar-refractivity contribution in [1.29, 1.82) is 0 Å². The number of anilines is 2. The number of piperidine rings is 3. The highest BCUT2D eigenvalue weighted by molar-refractivity contribution is 5.91. The second-order valence-electron chi connectivity index (χ2n) is 16.4. The molecule has 1 spiro atoms. The van der Waals surface area contributed by atoms with Gasteiger partial charge in [-0.15, -0.1) is 0 Å². The number of aromatic nitrogens is 2. The molecule has 4 N–H and O–H groups in total. The molecule has 9 nitrogen and oxygen atoms in total. The number of hydrogen-bond donors (Lipinski definition) is 3. The molecule has 3 aromatic rings. The number of methoxy groups -OCH3 is 1. The van der Waals surface area contributed by atoms with E-state index in [0.717, 1.165) is 73.5 Å². The average molecular weight is 736 g/mol. The molecule has 288 valence electrons. The first-order valence-corrected chi connectivity index (χ1v) is 19.7. The number of carbonyl (C=O) groups excluding carboxylic acids is 1. The number of fused-ring (bicyclic) bond motifs is 1. The number of rotatable bonds is 8. The molecule has 4 fully saturated rings. The first-order chi connectivity index (χ1) is 25.4. The number of amides is 1. The lowest BCUT2D eigenvalue weighted by Crippen LogP contribution is -2.46. The summed E-state index contributed by atoms with van der Waals surface area (Å²) in [7, 11) is 1.65. The quantitative estimate of drug-likeness (QED) is 0.202. The van der Waals surface area contributed by atoms with Crippen molar-refractivity contribution in [3.63, 3.8) is 0 Å². The van der Waals surface area contributed by atoms with Crippen LogP contribution in [0.15, 0.2) is 30.3 Å². The SMILES string of the molecule is COc1cc2nc(C)nc(N[C@H](C)c3cc(N)cc(C(F)(F)F)c3)c2cc1C1CCN(C(=O)C2CCN(CC3CCC4(CCNCC4)CC3)CC2)CC1. The van der Waals surface area contributed by atoms with Crippen molar-refractivity contribution in [2.24, 2.45) is 17.3 Å². The Morgan fingerprint density at radius 1 is 0.981 bits per heavy atom. The zero-order valence-corrected chi connectivity index (χ0v) is 31.5. The van der Waals surface area contributed by atoms with Crippen molar-refractivity contribution >= 4 is 28.3 Å². The molecule has 1 saturated carbocycles. The van der Waals surface area contributed by atoms with E-state index in [-0.39, 0.29) is 17.5 Å². The fourth-order valence-corrected chi connectivity index (χ4v) is 9.60. The Kier molecular flexibility index (Phi) is 11.1. The van der Waals surface area contributed by atoms with Gasteiger partial charge < -0.3 is 30.9 Å². The number of benzene rings is 2. The molecule has 12 heteroatoms. The minimum atomic E-state index is -4.50. The van der Waals surface area contributed by atoms with Crippen LogP contribution in [0.5, 0.6) is 5.75 Å². The van der Waals surface area contributed by atoms with Crippen LogP contribution in [0.1, 0.15) is 106 Å². The number of aryl methyl sites for hydroxylation is 1. The molecular weight excluding hydrogens is 679 g/mol. The summed E-state index contributed by atoms with van der Waals surface area (Å²) in [5, 5.41) is 7.64. The van der Waals surface area contributed by atoms with Gasteiger partial charge in [-0.1, -0.05) is 0 Å². The second-order valence-corrected chi connectivity index (χ2v) is 16.4. The molecule has 1 aromatic heterocycles. The number of nitrogen functional groups attached to an aromatic ring is 1. The third-order valence-corrected chi connectivity index (χ3v) is 12.8.